The zero-order valence-electron chi connectivity index (χ0n) is 11.5. The van der Waals surface area contributed by atoms with Crippen LogP contribution in [0.5, 0.6) is 0 Å². The first-order valence-electron chi connectivity index (χ1n) is 6.92. The summed E-state index contributed by atoms with van der Waals surface area (Å²) in [6.45, 7) is 0.760. The molecule has 4 nitrogen and oxygen atoms in total. The molecule has 0 saturated carbocycles. The van der Waals surface area contributed by atoms with Gasteiger partial charge in [0, 0.05) is 18.2 Å². The molecule has 0 N–H and O–H groups in total. The van der Waals surface area contributed by atoms with Crippen molar-refractivity contribution in [1.29, 1.82) is 0 Å². The Balaban J connectivity index is 2.14. The zero-order valence-corrected chi connectivity index (χ0v) is 11.5. The van der Waals surface area contributed by atoms with Gasteiger partial charge < -0.3 is 9.64 Å². The number of carbonyl (C=O) groups excluding carboxylic acids is 2. The third-order valence-corrected chi connectivity index (χ3v) is 4.07. The number of nitrogens with zero attached hydrogens (tertiary/aromatic N) is 1. The summed E-state index contributed by atoms with van der Waals surface area (Å²) in [5, 5.41) is 0. The van der Waals surface area contributed by atoms with Crippen LogP contribution in [0.2, 0.25) is 0 Å². The van der Waals surface area contributed by atoms with E-state index in [0.717, 1.165) is 36.9 Å². The van der Waals surface area contributed by atoms with E-state index in [0.29, 0.717) is 5.56 Å². The van der Waals surface area contributed by atoms with Crippen LogP contribution in [0.25, 0.3) is 5.57 Å². The molecule has 2 aliphatic rings. The van der Waals surface area contributed by atoms with Gasteiger partial charge in [0.1, 0.15) is 0 Å². The maximum absolute atomic E-state index is 12.5. The standard InChI is InChI=1S/C16H17NO3/c1-20-15(18)10-13-11-6-2-3-7-12(11)16(19)17-9-5-4-8-14(13)17/h2-3,6-7,10,14H,4-5,8-9H2,1H3/b13-10-/t14-/m0/s1. The van der Waals surface area contributed by atoms with Crippen molar-refractivity contribution < 1.29 is 14.3 Å². The van der Waals surface area contributed by atoms with E-state index in [4.69, 9.17) is 4.74 Å². The molecule has 104 valence electrons. The summed E-state index contributed by atoms with van der Waals surface area (Å²) in [5.74, 6) is -0.290. The molecule has 0 bridgehead atoms. The predicted octanol–water partition coefficient (Wildman–Crippen LogP) is 2.25. The van der Waals surface area contributed by atoms with Crippen molar-refractivity contribution in [3.05, 3.63) is 41.5 Å². The number of fused-ring (bicyclic) bond motifs is 2. The molecule has 0 aromatic heterocycles. The van der Waals surface area contributed by atoms with Gasteiger partial charge in [0.25, 0.3) is 5.91 Å². The van der Waals surface area contributed by atoms with Crippen LogP contribution in [0.3, 0.4) is 0 Å². The van der Waals surface area contributed by atoms with Gasteiger partial charge in [-0.1, -0.05) is 18.2 Å². The van der Waals surface area contributed by atoms with Crippen LogP contribution < -0.4 is 0 Å². The Labute approximate surface area is 118 Å². The fraction of sp³-hybridized carbons (Fsp3) is 0.375. The summed E-state index contributed by atoms with van der Waals surface area (Å²) in [6.07, 6.45) is 4.54. The molecule has 1 aromatic rings. The van der Waals surface area contributed by atoms with E-state index in [1.54, 1.807) is 0 Å². The Kier molecular flexibility index (Phi) is 3.30. The van der Waals surface area contributed by atoms with Gasteiger partial charge in [-0.3, -0.25) is 4.79 Å². The number of hydrogen-bond donors (Lipinski definition) is 0. The summed E-state index contributed by atoms with van der Waals surface area (Å²) in [6, 6.07) is 7.50. The third-order valence-electron chi connectivity index (χ3n) is 4.07. The topological polar surface area (TPSA) is 46.6 Å². The van der Waals surface area contributed by atoms with E-state index < -0.39 is 0 Å². The normalized spacial score (nSPS) is 23.2. The number of carbonyl (C=O) groups is 2. The molecule has 0 spiro atoms. The molecule has 3 rings (SSSR count). The van der Waals surface area contributed by atoms with Crippen LogP contribution in [0.1, 0.15) is 35.2 Å². The maximum Gasteiger partial charge on any atom is 0.330 e. The van der Waals surface area contributed by atoms with Crippen molar-refractivity contribution in [2.75, 3.05) is 13.7 Å². The summed E-state index contributed by atoms with van der Waals surface area (Å²) >= 11 is 0. The highest BCUT2D eigenvalue weighted by molar-refractivity contribution is 6.06. The zero-order chi connectivity index (χ0) is 14.1. The molecule has 2 aliphatic heterocycles. The first kappa shape index (κ1) is 12.9. The first-order chi connectivity index (χ1) is 9.72. The van der Waals surface area contributed by atoms with E-state index >= 15 is 0 Å². The van der Waals surface area contributed by atoms with Crippen molar-refractivity contribution in [2.24, 2.45) is 0 Å². The van der Waals surface area contributed by atoms with E-state index in [1.807, 2.05) is 29.2 Å². The van der Waals surface area contributed by atoms with Crippen molar-refractivity contribution in [3.63, 3.8) is 0 Å². The van der Waals surface area contributed by atoms with Gasteiger partial charge in [0.15, 0.2) is 0 Å². The van der Waals surface area contributed by atoms with Crippen molar-refractivity contribution >= 4 is 17.4 Å². The summed E-state index contributed by atoms with van der Waals surface area (Å²) in [5.41, 5.74) is 2.46. The highest BCUT2D eigenvalue weighted by Gasteiger charge is 2.37. The molecule has 1 amide bonds. The molecular formula is C16H17NO3. The minimum absolute atomic E-state index is 0.00486. The molecule has 1 atom stereocenters. The number of rotatable bonds is 1. The van der Waals surface area contributed by atoms with Gasteiger partial charge in [0.05, 0.1) is 13.2 Å². The number of ether oxygens (including phenoxy) is 1. The van der Waals surface area contributed by atoms with Crippen LogP contribution in [-0.4, -0.2) is 36.5 Å². The number of methoxy groups -OCH3 is 1. The third kappa shape index (κ3) is 2.01. The molecule has 2 heterocycles. The largest absolute Gasteiger partial charge is 0.466 e. The number of hydrogen-bond acceptors (Lipinski definition) is 3. The average Bonchev–Trinajstić information content (AvgIpc) is 2.51. The number of piperidine rings is 1. The van der Waals surface area contributed by atoms with E-state index in [-0.39, 0.29) is 17.9 Å². The molecule has 0 aliphatic carbocycles. The van der Waals surface area contributed by atoms with Crippen LogP contribution >= 0.6 is 0 Å². The van der Waals surface area contributed by atoms with E-state index in [1.165, 1.54) is 13.2 Å². The summed E-state index contributed by atoms with van der Waals surface area (Å²) in [7, 11) is 1.37. The molecule has 0 radical (unpaired) electrons. The van der Waals surface area contributed by atoms with Crippen molar-refractivity contribution in [1.82, 2.24) is 4.90 Å². The number of amides is 1. The Morgan fingerprint density at radius 3 is 2.80 bits per heavy atom. The first-order valence-corrected chi connectivity index (χ1v) is 6.92. The molecular weight excluding hydrogens is 254 g/mol. The summed E-state index contributed by atoms with van der Waals surface area (Å²) in [4.78, 5) is 26.1. The Hall–Kier alpha value is -2.10. The molecule has 0 unspecified atom stereocenters. The van der Waals surface area contributed by atoms with Gasteiger partial charge >= 0.3 is 5.97 Å². The second-order valence-electron chi connectivity index (χ2n) is 5.18. The van der Waals surface area contributed by atoms with Crippen LogP contribution in [0.4, 0.5) is 0 Å². The molecule has 4 heteroatoms. The van der Waals surface area contributed by atoms with E-state index in [9.17, 15) is 9.59 Å². The maximum atomic E-state index is 12.5. The lowest BCUT2D eigenvalue weighted by atomic mass is 9.83. The number of benzene rings is 1. The summed E-state index contributed by atoms with van der Waals surface area (Å²) < 4.78 is 4.76. The van der Waals surface area contributed by atoms with E-state index in [2.05, 4.69) is 0 Å². The molecule has 1 saturated heterocycles. The predicted molar refractivity (Wildman–Crippen MR) is 75.1 cm³/mol. The fourth-order valence-electron chi connectivity index (χ4n) is 3.11. The minimum atomic E-state index is -0.366. The second kappa shape index (κ2) is 5.12. The van der Waals surface area contributed by atoms with Gasteiger partial charge in [-0.15, -0.1) is 0 Å². The highest BCUT2D eigenvalue weighted by Crippen LogP contribution is 2.37. The fourth-order valence-corrected chi connectivity index (χ4v) is 3.11. The van der Waals surface area contributed by atoms with Gasteiger partial charge in [-0.05, 0) is 36.5 Å². The van der Waals surface area contributed by atoms with Gasteiger partial charge in [0.2, 0.25) is 0 Å². The quantitative estimate of drug-likeness (QED) is 0.581. The lowest BCUT2D eigenvalue weighted by Gasteiger charge is -2.41. The SMILES string of the molecule is COC(=O)/C=C1/c2ccccc2C(=O)N2CCCC[C@@H]12. The lowest BCUT2D eigenvalue weighted by molar-refractivity contribution is -0.134. The highest BCUT2D eigenvalue weighted by atomic mass is 16.5. The number of esters is 1. The smallest absolute Gasteiger partial charge is 0.330 e. The second-order valence-corrected chi connectivity index (χ2v) is 5.18. The molecule has 20 heavy (non-hydrogen) atoms. The Morgan fingerprint density at radius 2 is 2.05 bits per heavy atom. The van der Waals surface area contributed by atoms with Crippen molar-refractivity contribution in [3.8, 4) is 0 Å². The molecule has 1 aromatic carbocycles. The Bertz CT molecular complexity index is 591. The average molecular weight is 271 g/mol. The minimum Gasteiger partial charge on any atom is -0.466 e. The van der Waals surface area contributed by atoms with Crippen LogP contribution in [-0.2, 0) is 9.53 Å². The lowest BCUT2D eigenvalue weighted by Crippen LogP contribution is -2.47. The van der Waals surface area contributed by atoms with Gasteiger partial charge in [-0.25, -0.2) is 4.79 Å². The van der Waals surface area contributed by atoms with Gasteiger partial charge in [-0.2, -0.15) is 0 Å². The molecule has 1 fully saturated rings. The Morgan fingerprint density at radius 1 is 1.30 bits per heavy atom. The van der Waals surface area contributed by atoms with Crippen molar-refractivity contribution in [2.45, 2.75) is 25.3 Å². The monoisotopic (exact) mass is 271 g/mol. The van der Waals surface area contributed by atoms with Crippen LogP contribution in [0.15, 0.2) is 30.3 Å². The van der Waals surface area contributed by atoms with Crippen LogP contribution in [0, 0.1) is 0 Å².